The molecular formula is C26H29N3O3. The molecule has 32 heavy (non-hydrogen) atoms. The van der Waals surface area contributed by atoms with Gasteiger partial charge in [-0.15, -0.1) is 0 Å². The minimum atomic E-state index is 0.0166. The Balaban J connectivity index is 1.50. The standard InChI is InChI=1S/C26H29N3O3/c1-19-24(22-10-5-6-11-23(22)32-18-20-8-3-2-4-9-20)25-28(14-7-15-29(25)27-19)26(30)21-12-16-31-17-13-21/h2-6,8-11,21H,7,12-18H2,1H3. The summed E-state index contributed by atoms with van der Waals surface area (Å²) in [5.74, 6) is 1.92. The van der Waals surface area contributed by atoms with Gasteiger partial charge in [-0.2, -0.15) is 5.10 Å². The lowest BCUT2D eigenvalue weighted by Crippen LogP contribution is -2.43. The van der Waals surface area contributed by atoms with Gasteiger partial charge in [0, 0.05) is 37.8 Å². The van der Waals surface area contributed by atoms with E-state index in [1.165, 1.54) is 0 Å². The molecule has 2 aromatic carbocycles. The fourth-order valence-electron chi connectivity index (χ4n) is 4.71. The van der Waals surface area contributed by atoms with Crippen molar-refractivity contribution in [2.75, 3.05) is 24.7 Å². The molecule has 6 nitrogen and oxygen atoms in total. The summed E-state index contributed by atoms with van der Waals surface area (Å²) in [6.45, 7) is 5.37. The van der Waals surface area contributed by atoms with Gasteiger partial charge < -0.3 is 9.47 Å². The van der Waals surface area contributed by atoms with Gasteiger partial charge >= 0.3 is 0 Å². The van der Waals surface area contributed by atoms with Crippen LogP contribution in [0, 0.1) is 12.8 Å². The minimum Gasteiger partial charge on any atom is -0.488 e. The number of para-hydroxylation sites is 1. The molecule has 0 spiro atoms. The molecule has 0 saturated carbocycles. The van der Waals surface area contributed by atoms with E-state index in [0.29, 0.717) is 19.8 Å². The first-order valence-electron chi connectivity index (χ1n) is 11.4. The molecule has 0 aliphatic carbocycles. The Morgan fingerprint density at radius 2 is 1.81 bits per heavy atom. The Morgan fingerprint density at radius 1 is 1.06 bits per heavy atom. The van der Waals surface area contributed by atoms with E-state index < -0.39 is 0 Å². The molecule has 2 aliphatic heterocycles. The summed E-state index contributed by atoms with van der Waals surface area (Å²) in [6, 6.07) is 18.2. The smallest absolute Gasteiger partial charge is 0.231 e. The van der Waals surface area contributed by atoms with Crippen LogP contribution in [0.15, 0.2) is 54.6 Å². The highest BCUT2D eigenvalue weighted by Crippen LogP contribution is 2.41. The number of anilines is 1. The molecule has 0 atom stereocenters. The Bertz CT molecular complexity index is 1090. The highest BCUT2D eigenvalue weighted by molar-refractivity contribution is 5.99. The lowest BCUT2D eigenvalue weighted by Gasteiger charge is -2.33. The fourth-order valence-corrected chi connectivity index (χ4v) is 4.71. The van der Waals surface area contributed by atoms with E-state index in [0.717, 1.165) is 66.3 Å². The fraction of sp³-hybridized carbons (Fsp3) is 0.385. The molecule has 0 N–H and O–H groups in total. The highest BCUT2D eigenvalue weighted by atomic mass is 16.5. The van der Waals surface area contributed by atoms with Crippen LogP contribution >= 0.6 is 0 Å². The number of hydrogen-bond acceptors (Lipinski definition) is 4. The zero-order valence-corrected chi connectivity index (χ0v) is 18.5. The van der Waals surface area contributed by atoms with Crippen LogP contribution in [-0.2, 0) is 22.7 Å². The van der Waals surface area contributed by atoms with Gasteiger partial charge in [0.2, 0.25) is 5.91 Å². The monoisotopic (exact) mass is 431 g/mol. The largest absolute Gasteiger partial charge is 0.488 e. The van der Waals surface area contributed by atoms with Crippen molar-refractivity contribution in [1.82, 2.24) is 9.78 Å². The maximum Gasteiger partial charge on any atom is 0.231 e. The van der Waals surface area contributed by atoms with Crippen LogP contribution in [0.3, 0.4) is 0 Å². The van der Waals surface area contributed by atoms with Gasteiger partial charge in [-0.3, -0.25) is 9.69 Å². The van der Waals surface area contributed by atoms with Crippen molar-refractivity contribution < 1.29 is 14.3 Å². The van der Waals surface area contributed by atoms with E-state index in [1.54, 1.807) is 0 Å². The Kier molecular flexibility index (Phi) is 5.95. The molecule has 1 aromatic heterocycles. The number of fused-ring (bicyclic) bond motifs is 1. The average Bonchev–Trinajstić information content (AvgIpc) is 3.19. The van der Waals surface area contributed by atoms with E-state index >= 15 is 0 Å². The Hall–Kier alpha value is -3.12. The van der Waals surface area contributed by atoms with Gasteiger partial charge in [-0.25, -0.2) is 4.68 Å². The van der Waals surface area contributed by atoms with Gasteiger partial charge in [-0.1, -0.05) is 48.5 Å². The normalized spacial score (nSPS) is 16.6. The molecule has 3 aromatic rings. The topological polar surface area (TPSA) is 56.6 Å². The van der Waals surface area contributed by atoms with Crippen LogP contribution in [0.2, 0.25) is 0 Å². The molecule has 2 aliphatic rings. The van der Waals surface area contributed by atoms with E-state index in [2.05, 4.69) is 18.2 Å². The van der Waals surface area contributed by atoms with Crippen LogP contribution < -0.4 is 9.64 Å². The van der Waals surface area contributed by atoms with Crippen molar-refractivity contribution >= 4 is 11.7 Å². The summed E-state index contributed by atoms with van der Waals surface area (Å²) >= 11 is 0. The Morgan fingerprint density at radius 3 is 2.62 bits per heavy atom. The lowest BCUT2D eigenvalue weighted by atomic mass is 9.97. The first kappa shape index (κ1) is 20.8. The van der Waals surface area contributed by atoms with Gasteiger partial charge in [0.15, 0.2) is 0 Å². The maximum absolute atomic E-state index is 13.5. The predicted octanol–water partition coefficient (Wildman–Crippen LogP) is 4.60. The number of aromatic nitrogens is 2. The summed E-state index contributed by atoms with van der Waals surface area (Å²) < 4.78 is 13.7. The SMILES string of the molecule is Cc1nn2c(c1-c1ccccc1OCc1ccccc1)N(C(=O)C1CCOCC1)CCC2. The molecular weight excluding hydrogens is 402 g/mol. The third-order valence-electron chi connectivity index (χ3n) is 6.34. The maximum atomic E-state index is 13.5. The molecule has 5 rings (SSSR count). The van der Waals surface area contributed by atoms with Crippen LogP contribution in [0.4, 0.5) is 5.82 Å². The van der Waals surface area contributed by atoms with E-state index in [9.17, 15) is 4.79 Å². The molecule has 1 saturated heterocycles. The van der Waals surface area contributed by atoms with E-state index in [1.807, 2.05) is 52.9 Å². The summed E-state index contributed by atoms with van der Waals surface area (Å²) in [5.41, 5.74) is 4.01. The Labute approximate surface area is 188 Å². The number of hydrogen-bond donors (Lipinski definition) is 0. The van der Waals surface area contributed by atoms with Crippen LogP contribution in [-0.4, -0.2) is 35.4 Å². The highest BCUT2D eigenvalue weighted by Gasteiger charge is 2.34. The van der Waals surface area contributed by atoms with Crippen molar-refractivity contribution in [1.29, 1.82) is 0 Å². The number of nitrogens with zero attached hydrogens (tertiary/aromatic N) is 3. The average molecular weight is 432 g/mol. The zero-order valence-electron chi connectivity index (χ0n) is 18.5. The molecule has 166 valence electrons. The summed E-state index contributed by atoms with van der Waals surface area (Å²) in [5, 5.41) is 4.81. The molecule has 0 bridgehead atoms. The molecule has 1 amide bonds. The van der Waals surface area contributed by atoms with E-state index in [-0.39, 0.29) is 11.8 Å². The van der Waals surface area contributed by atoms with Crippen molar-refractivity contribution in [3.8, 4) is 16.9 Å². The molecule has 1 fully saturated rings. The van der Waals surface area contributed by atoms with E-state index in [4.69, 9.17) is 14.6 Å². The number of benzene rings is 2. The van der Waals surface area contributed by atoms with Crippen LogP contribution in [0.5, 0.6) is 5.75 Å². The van der Waals surface area contributed by atoms with Gasteiger partial charge in [-0.05, 0) is 37.8 Å². The summed E-state index contributed by atoms with van der Waals surface area (Å²) in [6.07, 6.45) is 2.48. The molecule has 0 unspecified atom stereocenters. The molecule has 6 heteroatoms. The number of ether oxygens (including phenoxy) is 2. The number of aryl methyl sites for hydroxylation is 2. The number of rotatable bonds is 5. The minimum absolute atomic E-state index is 0.0166. The first-order valence-corrected chi connectivity index (χ1v) is 11.4. The number of amides is 1. The van der Waals surface area contributed by atoms with Gasteiger partial charge in [0.25, 0.3) is 0 Å². The lowest BCUT2D eigenvalue weighted by molar-refractivity contribution is -0.125. The number of carbonyl (C=O) groups is 1. The third-order valence-corrected chi connectivity index (χ3v) is 6.34. The van der Waals surface area contributed by atoms with Crippen molar-refractivity contribution in [3.05, 3.63) is 65.9 Å². The second-order valence-electron chi connectivity index (χ2n) is 8.51. The van der Waals surface area contributed by atoms with Gasteiger partial charge in [0.1, 0.15) is 18.2 Å². The quantitative estimate of drug-likeness (QED) is 0.592. The summed E-state index contributed by atoms with van der Waals surface area (Å²) in [4.78, 5) is 15.5. The zero-order chi connectivity index (χ0) is 21.9. The molecule has 0 radical (unpaired) electrons. The van der Waals surface area contributed by atoms with Crippen molar-refractivity contribution in [2.45, 2.75) is 39.3 Å². The summed E-state index contributed by atoms with van der Waals surface area (Å²) in [7, 11) is 0. The third kappa shape index (κ3) is 4.02. The van der Waals surface area contributed by atoms with Crippen molar-refractivity contribution in [3.63, 3.8) is 0 Å². The predicted molar refractivity (Wildman–Crippen MR) is 124 cm³/mol. The number of carbonyl (C=O) groups excluding carboxylic acids is 1. The first-order chi connectivity index (χ1) is 15.7. The second kappa shape index (κ2) is 9.17. The molecule has 3 heterocycles. The second-order valence-corrected chi connectivity index (χ2v) is 8.51. The van der Waals surface area contributed by atoms with Crippen molar-refractivity contribution in [2.24, 2.45) is 5.92 Å². The van der Waals surface area contributed by atoms with Crippen LogP contribution in [0.25, 0.3) is 11.1 Å². The van der Waals surface area contributed by atoms with Crippen LogP contribution in [0.1, 0.15) is 30.5 Å². The van der Waals surface area contributed by atoms with Gasteiger partial charge in [0.05, 0.1) is 11.3 Å².